The molecule has 2 nitrogen and oxygen atoms in total. The molecule has 0 N–H and O–H groups in total. The van der Waals surface area contributed by atoms with Crippen molar-refractivity contribution in [1.29, 1.82) is 0 Å². The highest BCUT2D eigenvalue weighted by atomic mass is 32.1. The summed E-state index contributed by atoms with van der Waals surface area (Å²) in [6.07, 6.45) is 0. The number of hydrogen-bond donors (Lipinski definition) is 0. The van der Waals surface area contributed by atoms with Gasteiger partial charge in [-0.3, -0.25) is 0 Å². The fourth-order valence-corrected chi connectivity index (χ4v) is 8.44. The lowest BCUT2D eigenvalue weighted by molar-refractivity contribution is 0.670. The van der Waals surface area contributed by atoms with E-state index in [0.717, 1.165) is 50.1 Å². The number of benzene rings is 8. The van der Waals surface area contributed by atoms with E-state index in [2.05, 4.69) is 169 Å². The molecule has 0 unspecified atom stereocenters. The standard InChI is InChI=1S/C46H29NOS/c1-2-9-30(10-3-1)31-17-23-34(24-18-31)47(36-27-21-33-22-28-44-45(41(33)29-36)40-12-5-7-16-43(40)49-44)35-25-19-32(20-26-35)37-13-8-14-39-38-11-4-6-15-42(38)48-46(37)39/h1-29H. The molecule has 2 heterocycles. The molecule has 0 spiro atoms. The number of nitrogens with zero attached hydrogens (tertiary/aromatic N) is 1. The van der Waals surface area contributed by atoms with Gasteiger partial charge in [0.25, 0.3) is 0 Å². The Balaban J connectivity index is 1.13. The average Bonchev–Trinajstić information content (AvgIpc) is 3.75. The predicted molar refractivity (Wildman–Crippen MR) is 210 cm³/mol. The lowest BCUT2D eigenvalue weighted by atomic mass is 10.0. The Hall–Kier alpha value is -6.16. The van der Waals surface area contributed by atoms with E-state index in [4.69, 9.17) is 4.42 Å². The van der Waals surface area contributed by atoms with E-state index in [1.165, 1.54) is 42.1 Å². The van der Waals surface area contributed by atoms with Crippen molar-refractivity contribution in [3.63, 3.8) is 0 Å². The SMILES string of the molecule is c1ccc(-c2ccc(N(c3ccc(-c4cccc5c4oc4ccccc45)cc3)c3ccc4ccc5sc6ccccc6c5c4c3)cc2)cc1. The molecule has 0 fully saturated rings. The van der Waals surface area contributed by atoms with Crippen LogP contribution in [-0.2, 0) is 0 Å². The third kappa shape index (κ3) is 4.62. The van der Waals surface area contributed by atoms with Gasteiger partial charge < -0.3 is 9.32 Å². The van der Waals surface area contributed by atoms with Gasteiger partial charge in [0.15, 0.2) is 0 Å². The first-order chi connectivity index (χ1) is 24.3. The molecule has 0 aliphatic carbocycles. The van der Waals surface area contributed by atoms with Crippen LogP contribution in [0.15, 0.2) is 180 Å². The van der Waals surface area contributed by atoms with Crippen LogP contribution >= 0.6 is 11.3 Å². The molecule has 0 aliphatic rings. The maximum absolute atomic E-state index is 6.39. The summed E-state index contributed by atoms with van der Waals surface area (Å²) in [5, 5.41) is 7.44. The second kappa shape index (κ2) is 11.2. The smallest absolute Gasteiger partial charge is 0.143 e. The molecule has 49 heavy (non-hydrogen) atoms. The summed E-state index contributed by atoms with van der Waals surface area (Å²) in [5.41, 5.74) is 9.78. The largest absolute Gasteiger partial charge is 0.455 e. The van der Waals surface area contributed by atoms with E-state index in [0.29, 0.717) is 0 Å². The fourth-order valence-electron chi connectivity index (χ4n) is 7.32. The zero-order valence-electron chi connectivity index (χ0n) is 26.5. The Morgan fingerprint density at radius 2 is 1.04 bits per heavy atom. The number of anilines is 3. The Morgan fingerprint density at radius 1 is 0.408 bits per heavy atom. The summed E-state index contributed by atoms with van der Waals surface area (Å²) < 4.78 is 9.02. The molecule has 3 heteroatoms. The quantitative estimate of drug-likeness (QED) is 0.186. The zero-order valence-corrected chi connectivity index (χ0v) is 27.3. The van der Waals surface area contributed by atoms with E-state index in [-0.39, 0.29) is 0 Å². The van der Waals surface area contributed by atoms with Crippen molar-refractivity contribution in [3.05, 3.63) is 176 Å². The number of hydrogen-bond acceptors (Lipinski definition) is 3. The molecule has 2 aromatic heterocycles. The third-order valence-electron chi connectivity index (χ3n) is 9.67. The predicted octanol–water partition coefficient (Wildman–Crippen LogP) is 13.9. The molecule has 0 aliphatic heterocycles. The van der Waals surface area contributed by atoms with Crippen LogP contribution in [0.1, 0.15) is 0 Å². The molecule has 0 bridgehead atoms. The maximum atomic E-state index is 6.39. The van der Waals surface area contributed by atoms with Crippen LogP contribution in [0.2, 0.25) is 0 Å². The summed E-state index contributed by atoms with van der Waals surface area (Å²) in [6.45, 7) is 0. The minimum atomic E-state index is 0.913. The maximum Gasteiger partial charge on any atom is 0.143 e. The zero-order chi connectivity index (χ0) is 32.3. The van der Waals surface area contributed by atoms with Gasteiger partial charge in [-0.15, -0.1) is 11.3 Å². The van der Waals surface area contributed by atoms with Crippen LogP contribution in [0.25, 0.3) is 75.1 Å². The molecular formula is C46H29NOS. The molecule has 10 aromatic rings. The molecule has 0 amide bonds. The number of rotatable bonds is 5. The van der Waals surface area contributed by atoms with Crippen molar-refractivity contribution in [3.8, 4) is 22.3 Å². The van der Waals surface area contributed by atoms with E-state index >= 15 is 0 Å². The summed E-state index contributed by atoms with van der Waals surface area (Å²) in [4.78, 5) is 2.37. The first kappa shape index (κ1) is 27.9. The lowest BCUT2D eigenvalue weighted by Gasteiger charge is -2.26. The van der Waals surface area contributed by atoms with Gasteiger partial charge in [-0.25, -0.2) is 0 Å². The first-order valence-electron chi connectivity index (χ1n) is 16.6. The highest BCUT2D eigenvalue weighted by Crippen LogP contribution is 2.43. The minimum absolute atomic E-state index is 0.913. The molecule has 10 rings (SSSR count). The van der Waals surface area contributed by atoms with Crippen LogP contribution in [-0.4, -0.2) is 0 Å². The van der Waals surface area contributed by atoms with Gasteiger partial charge in [-0.2, -0.15) is 0 Å². The molecule has 8 aromatic carbocycles. The molecular weight excluding hydrogens is 615 g/mol. The molecule has 0 radical (unpaired) electrons. The van der Waals surface area contributed by atoms with Gasteiger partial charge in [-0.1, -0.05) is 121 Å². The van der Waals surface area contributed by atoms with Crippen LogP contribution in [0.4, 0.5) is 17.1 Å². The average molecular weight is 644 g/mol. The molecule has 0 saturated carbocycles. The highest BCUT2D eigenvalue weighted by Gasteiger charge is 2.17. The van der Waals surface area contributed by atoms with Gasteiger partial charge in [0.2, 0.25) is 0 Å². The summed E-state index contributed by atoms with van der Waals surface area (Å²) in [6, 6.07) is 63.2. The second-order valence-corrected chi connectivity index (χ2v) is 13.6. The van der Waals surface area contributed by atoms with E-state index in [1.807, 2.05) is 23.5 Å². The van der Waals surface area contributed by atoms with Crippen LogP contribution in [0, 0.1) is 0 Å². The Kier molecular flexibility index (Phi) is 6.39. The summed E-state index contributed by atoms with van der Waals surface area (Å²) >= 11 is 1.86. The van der Waals surface area contributed by atoms with Gasteiger partial charge in [0.05, 0.1) is 0 Å². The van der Waals surface area contributed by atoms with Crippen molar-refractivity contribution < 1.29 is 4.42 Å². The Bertz CT molecular complexity index is 2810. The van der Waals surface area contributed by atoms with Gasteiger partial charge in [-0.05, 0) is 82.1 Å². The number of thiophene rings is 1. The topological polar surface area (TPSA) is 16.4 Å². The van der Waals surface area contributed by atoms with E-state index < -0.39 is 0 Å². The van der Waals surface area contributed by atoms with Crippen LogP contribution < -0.4 is 4.90 Å². The van der Waals surface area contributed by atoms with Crippen molar-refractivity contribution in [2.45, 2.75) is 0 Å². The fraction of sp³-hybridized carbons (Fsp3) is 0. The second-order valence-electron chi connectivity index (χ2n) is 12.5. The molecule has 230 valence electrons. The number of furan rings is 1. The first-order valence-corrected chi connectivity index (χ1v) is 17.4. The number of para-hydroxylation sites is 2. The number of fused-ring (bicyclic) bond motifs is 8. The molecule has 0 saturated heterocycles. The van der Waals surface area contributed by atoms with Crippen LogP contribution in [0.5, 0.6) is 0 Å². The van der Waals surface area contributed by atoms with Crippen molar-refractivity contribution >= 4 is 81.3 Å². The van der Waals surface area contributed by atoms with Gasteiger partial charge >= 0.3 is 0 Å². The van der Waals surface area contributed by atoms with Crippen molar-refractivity contribution in [2.24, 2.45) is 0 Å². The van der Waals surface area contributed by atoms with Crippen molar-refractivity contribution in [1.82, 2.24) is 0 Å². The van der Waals surface area contributed by atoms with E-state index in [9.17, 15) is 0 Å². The Morgan fingerprint density at radius 3 is 1.86 bits per heavy atom. The highest BCUT2D eigenvalue weighted by molar-refractivity contribution is 7.26. The Labute approximate surface area is 287 Å². The van der Waals surface area contributed by atoms with E-state index in [1.54, 1.807) is 0 Å². The third-order valence-corrected chi connectivity index (χ3v) is 10.8. The minimum Gasteiger partial charge on any atom is -0.455 e. The van der Waals surface area contributed by atoms with Gasteiger partial charge in [0, 0.05) is 53.6 Å². The summed E-state index contributed by atoms with van der Waals surface area (Å²) in [5.74, 6) is 0. The molecule has 0 atom stereocenters. The monoisotopic (exact) mass is 643 g/mol. The normalized spacial score (nSPS) is 11.7. The van der Waals surface area contributed by atoms with Crippen molar-refractivity contribution in [2.75, 3.05) is 4.90 Å². The summed E-state index contributed by atoms with van der Waals surface area (Å²) in [7, 11) is 0. The lowest BCUT2D eigenvalue weighted by Crippen LogP contribution is -2.09. The van der Waals surface area contributed by atoms with Gasteiger partial charge in [0.1, 0.15) is 11.2 Å². The van der Waals surface area contributed by atoms with Crippen LogP contribution in [0.3, 0.4) is 0 Å².